The van der Waals surface area contributed by atoms with Crippen LogP contribution in [0.25, 0.3) is 0 Å². The quantitative estimate of drug-likeness (QED) is 0.510. The number of rotatable bonds is 5. The van der Waals surface area contributed by atoms with E-state index in [-0.39, 0.29) is 23.6 Å². The maximum atomic E-state index is 12.0. The maximum absolute atomic E-state index is 12.0. The second-order valence-corrected chi connectivity index (χ2v) is 5.31. The molecule has 0 saturated heterocycles. The Hall–Kier alpha value is -2.33. The third kappa shape index (κ3) is 3.65. The summed E-state index contributed by atoms with van der Waals surface area (Å²) in [6.07, 6.45) is 1.26. The maximum Gasteiger partial charge on any atom is 0.272 e. The molecular formula is C11H10BrClN6O3. The molecule has 11 heteroatoms. The normalized spacial score (nSPS) is 10.3. The highest BCUT2D eigenvalue weighted by Gasteiger charge is 2.18. The molecule has 3 amide bonds. The molecule has 0 unspecified atom stereocenters. The smallest absolute Gasteiger partial charge is 0.272 e. The number of anilines is 1. The molecule has 22 heavy (non-hydrogen) atoms. The van der Waals surface area contributed by atoms with Gasteiger partial charge in [-0.2, -0.15) is 5.10 Å². The molecule has 2 aromatic heterocycles. The van der Waals surface area contributed by atoms with E-state index in [4.69, 9.17) is 17.3 Å². The lowest BCUT2D eigenvalue weighted by Crippen LogP contribution is -2.34. The lowest BCUT2D eigenvalue weighted by molar-refractivity contribution is -0.117. The van der Waals surface area contributed by atoms with Crippen LogP contribution in [-0.4, -0.2) is 39.4 Å². The molecule has 0 bridgehead atoms. The van der Waals surface area contributed by atoms with Gasteiger partial charge in [0, 0.05) is 0 Å². The topological polar surface area (TPSA) is 146 Å². The third-order valence-corrected chi connectivity index (χ3v) is 3.66. The fourth-order valence-electron chi connectivity index (χ4n) is 1.53. The third-order valence-electron chi connectivity index (χ3n) is 2.51. The fraction of sp³-hybridized carbons (Fsp3) is 0.0909. The van der Waals surface area contributed by atoms with Gasteiger partial charge in [0.25, 0.3) is 11.8 Å². The molecule has 9 nitrogen and oxygen atoms in total. The lowest BCUT2D eigenvalue weighted by atomic mass is 10.3. The van der Waals surface area contributed by atoms with E-state index >= 15 is 0 Å². The predicted molar refractivity (Wildman–Crippen MR) is 81.6 cm³/mol. The minimum Gasteiger partial charge on any atom is -0.368 e. The molecule has 6 N–H and O–H groups in total. The zero-order valence-corrected chi connectivity index (χ0v) is 13.2. The number of carbonyl (C=O) groups is 3. The Morgan fingerprint density at radius 2 is 2.09 bits per heavy atom. The van der Waals surface area contributed by atoms with E-state index in [9.17, 15) is 14.4 Å². The van der Waals surface area contributed by atoms with Crippen LogP contribution < -0.4 is 16.4 Å². The molecule has 0 radical (unpaired) electrons. The van der Waals surface area contributed by atoms with Gasteiger partial charge in [0.2, 0.25) is 5.91 Å². The first-order chi connectivity index (χ1) is 10.4. The molecule has 0 aliphatic heterocycles. The highest BCUT2D eigenvalue weighted by Crippen LogP contribution is 2.23. The van der Waals surface area contributed by atoms with Crippen molar-refractivity contribution >= 4 is 50.9 Å². The van der Waals surface area contributed by atoms with Crippen molar-refractivity contribution < 1.29 is 14.4 Å². The van der Waals surface area contributed by atoms with Gasteiger partial charge in [0.15, 0.2) is 0 Å². The predicted octanol–water partition coefficient (Wildman–Crippen LogP) is 0.621. The van der Waals surface area contributed by atoms with Crippen molar-refractivity contribution in [1.29, 1.82) is 0 Å². The summed E-state index contributed by atoms with van der Waals surface area (Å²) in [6.45, 7) is -0.329. The highest BCUT2D eigenvalue weighted by molar-refractivity contribution is 9.10. The molecule has 0 aliphatic carbocycles. The monoisotopic (exact) mass is 388 g/mol. The first-order valence-electron chi connectivity index (χ1n) is 5.83. The van der Waals surface area contributed by atoms with Crippen molar-refractivity contribution in [2.24, 2.45) is 5.73 Å². The molecule has 0 spiro atoms. The summed E-state index contributed by atoms with van der Waals surface area (Å²) in [7, 11) is 0. The van der Waals surface area contributed by atoms with Crippen molar-refractivity contribution in [2.45, 2.75) is 0 Å². The Bertz CT molecular complexity index is 721. The lowest BCUT2D eigenvalue weighted by Gasteiger charge is -2.05. The SMILES string of the molecule is NC(=O)CNC(=O)c1[nH]ncc1NC(=O)c1cc(Cl)c(Br)[nH]1. The number of H-pyrrole nitrogens is 2. The Kier molecular flexibility index (Phi) is 4.83. The van der Waals surface area contributed by atoms with Gasteiger partial charge in [-0.1, -0.05) is 11.6 Å². The molecule has 0 saturated carbocycles. The van der Waals surface area contributed by atoms with Crippen molar-refractivity contribution in [3.05, 3.63) is 33.3 Å². The van der Waals surface area contributed by atoms with Crippen LogP contribution in [0.2, 0.25) is 5.02 Å². The van der Waals surface area contributed by atoms with Gasteiger partial charge in [-0.15, -0.1) is 0 Å². The van der Waals surface area contributed by atoms with Crippen LogP contribution in [0.4, 0.5) is 5.69 Å². The van der Waals surface area contributed by atoms with Crippen LogP contribution in [0.1, 0.15) is 21.0 Å². The number of aromatic nitrogens is 3. The van der Waals surface area contributed by atoms with Gasteiger partial charge in [0.05, 0.1) is 23.5 Å². The molecular weight excluding hydrogens is 380 g/mol. The van der Waals surface area contributed by atoms with Gasteiger partial charge in [-0.05, 0) is 22.0 Å². The summed E-state index contributed by atoms with van der Waals surface area (Å²) in [4.78, 5) is 37.3. The Balaban J connectivity index is 2.10. The summed E-state index contributed by atoms with van der Waals surface area (Å²) in [5, 5.41) is 11.2. The van der Waals surface area contributed by atoms with Gasteiger partial charge < -0.3 is 21.4 Å². The molecule has 0 fully saturated rings. The van der Waals surface area contributed by atoms with Crippen molar-refractivity contribution in [3.63, 3.8) is 0 Å². The van der Waals surface area contributed by atoms with Crippen LogP contribution in [0, 0.1) is 0 Å². The van der Waals surface area contributed by atoms with E-state index in [2.05, 4.69) is 41.7 Å². The average molecular weight is 390 g/mol. The summed E-state index contributed by atoms with van der Waals surface area (Å²) in [5.41, 5.74) is 5.27. The second-order valence-electron chi connectivity index (χ2n) is 4.11. The number of hydrogen-bond donors (Lipinski definition) is 5. The number of nitrogens with two attached hydrogens (primary N) is 1. The summed E-state index contributed by atoms with van der Waals surface area (Å²) in [6, 6.07) is 1.42. The first kappa shape index (κ1) is 16.0. The number of carbonyl (C=O) groups excluding carboxylic acids is 3. The van der Waals surface area contributed by atoms with Gasteiger partial charge in [-0.25, -0.2) is 0 Å². The van der Waals surface area contributed by atoms with E-state index in [1.54, 1.807) is 0 Å². The number of primary amides is 1. The Labute approximate surface area is 137 Å². The van der Waals surface area contributed by atoms with E-state index in [1.165, 1.54) is 12.3 Å². The molecule has 0 atom stereocenters. The van der Waals surface area contributed by atoms with Crippen LogP contribution in [0.15, 0.2) is 16.9 Å². The number of amides is 3. The van der Waals surface area contributed by atoms with Crippen LogP contribution in [0.3, 0.4) is 0 Å². The van der Waals surface area contributed by atoms with Gasteiger partial charge >= 0.3 is 0 Å². The minimum atomic E-state index is -0.690. The van der Waals surface area contributed by atoms with E-state index in [0.29, 0.717) is 9.63 Å². The molecule has 0 aliphatic rings. The van der Waals surface area contributed by atoms with Crippen LogP contribution in [0.5, 0.6) is 0 Å². The van der Waals surface area contributed by atoms with Crippen molar-refractivity contribution in [1.82, 2.24) is 20.5 Å². The van der Waals surface area contributed by atoms with E-state index in [1.807, 2.05) is 0 Å². The zero-order chi connectivity index (χ0) is 16.3. The van der Waals surface area contributed by atoms with E-state index in [0.717, 1.165) is 0 Å². The number of aromatic amines is 2. The fourth-order valence-corrected chi connectivity index (χ4v) is 2.01. The molecule has 0 aromatic carbocycles. The first-order valence-corrected chi connectivity index (χ1v) is 7.00. The van der Waals surface area contributed by atoms with Crippen LogP contribution in [-0.2, 0) is 4.79 Å². The van der Waals surface area contributed by atoms with Gasteiger partial charge in [0.1, 0.15) is 16.0 Å². The summed E-state index contributed by atoms with van der Waals surface area (Å²) >= 11 is 8.96. The molecule has 2 heterocycles. The number of hydrogen-bond acceptors (Lipinski definition) is 4. The molecule has 116 valence electrons. The van der Waals surface area contributed by atoms with Crippen molar-refractivity contribution in [2.75, 3.05) is 11.9 Å². The highest BCUT2D eigenvalue weighted by atomic mass is 79.9. The van der Waals surface area contributed by atoms with Crippen molar-refractivity contribution in [3.8, 4) is 0 Å². The second kappa shape index (κ2) is 6.62. The standard InChI is InChI=1S/C11H10BrClN6O3/c12-9-4(13)1-5(17-9)10(21)18-6-2-16-19-8(6)11(22)15-3-7(14)20/h1-2,17H,3H2,(H2,14,20)(H,15,22)(H,16,19)(H,18,21). The van der Waals surface area contributed by atoms with Crippen LogP contribution >= 0.6 is 27.5 Å². The minimum absolute atomic E-state index is 0.00804. The summed E-state index contributed by atoms with van der Waals surface area (Å²) in [5.74, 6) is -1.83. The zero-order valence-electron chi connectivity index (χ0n) is 10.9. The Morgan fingerprint density at radius 3 is 2.68 bits per heavy atom. The largest absolute Gasteiger partial charge is 0.368 e. The molecule has 2 aromatic rings. The average Bonchev–Trinajstić information content (AvgIpc) is 3.04. The van der Waals surface area contributed by atoms with Gasteiger partial charge in [-0.3, -0.25) is 19.5 Å². The summed E-state index contributed by atoms with van der Waals surface area (Å²) < 4.78 is 0.464. The number of nitrogens with zero attached hydrogens (tertiary/aromatic N) is 1. The number of halogens is 2. The Morgan fingerprint density at radius 1 is 1.36 bits per heavy atom. The van der Waals surface area contributed by atoms with E-state index < -0.39 is 17.7 Å². The molecule has 2 rings (SSSR count). The number of nitrogens with one attached hydrogen (secondary N) is 4.